The van der Waals surface area contributed by atoms with Crippen LogP contribution in [0.1, 0.15) is 52.7 Å². The maximum absolute atomic E-state index is 13.1. The number of rotatable bonds is 2. The van der Waals surface area contributed by atoms with Crippen molar-refractivity contribution in [3.05, 3.63) is 34.9 Å². The predicted molar refractivity (Wildman–Crippen MR) is 83.5 cm³/mol. The molecule has 1 aliphatic rings. The molecule has 3 rings (SSSR count). The second-order valence-corrected chi connectivity index (χ2v) is 6.06. The van der Waals surface area contributed by atoms with Crippen LogP contribution in [0.15, 0.2) is 12.3 Å². The number of amides is 1. The molecule has 1 atom stereocenters. The number of carbonyl (C=O) groups excluding carboxylic acids is 1. The summed E-state index contributed by atoms with van der Waals surface area (Å²) in [4.78, 5) is 15.1. The summed E-state index contributed by atoms with van der Waals surface area (Å²) >= 11 is 0. The smallest absolute Gasteiger partial charge is 0.258 e. The van der Waals surface area contributed by atoms with Gasteiger partial charge in [-0.15, -0.1) is 0 Å². The van der Waals surface area contributed by atoms with Gasteiger partial charge >= 0.3 is 0 Å². The first-order chi connectivity index (χ1) is 10.5. The van der Waals surface area contributed by atoms with E-state index in [-0.39, 0.29) is 11.9 Å². The van der Waals surface area contributed by atoms with E-state index in [0.29, 0.717) is 0 Å². The van der Waals surface area contributed by atoms with Crippen LogP contribution in [0.3, 0.4) is 0 Å². The largest absolute Gasteiger partial charge is 0.330 e. The molecule has 0 aliphatic carbocycles. The second-order valence-electron chi connectivity index (χ2n) is 6.06. The third-order valence-electron chi connectivity index (χ3n) is 4.69. The standard InChI is InChI=1S/C16H23N5O/c1-11-15(12(2)19(3)18-11)16(22)21-10-6-5-7-14(21)13-8-9-17-20(13)4/h8-9,14H,5-7,10H2,1-4H3/t14-/m0/s1. The molecule has 2 aromatic heterocycles. The van der Waals surface area contributed by atoms with E-state index >= 15 is 0 Å². The predicted octanol–water partition coefficient (Wildman–Crippen LogP) is 2.14. The molecule has 0 saturated carbocycles. The van der Waals surface area contributed by atoms with E-state index in [1.54, 1.807) is 10.9 Å². The van der Waals surface area contributed by atoms with Crippen molar-refractivity contribution >= 4 is 5.91 Å². The Bertz CT molecular complexity index is 699. The first-order valence-corrected chi connectivity index (χ1v) is 7.79. The van der Waals surface area contributed by atoms with E-state index < -0.39 is 0 Å². The maximum atomic E-state index is 13.1. The monoisotopic (exact) mass is 301 g/mol. The molecule has 0 N–H and O–H groups in total. The van der Waals surface area contributed by atoms with Gasteiger partial charge in [-0.25, -0.2) is 0 Å². The first kappa shape index (κ1) is 14.8. The van der Waals surface area contributed by atoms with Crippen molar-refractivity contribution in [2.45, 2.75) is 39.2 Å². The van der Waals surface area contributed by atoms with E-state index in [4.69, 9.17) is 0 Å². The number of aromatic nitrogens is 4. The summed E-state index contributed by atoms with van der Waals surface area (Å²) in [7, 11) is 3.82. The van der Waals surface area contributed by atoms with Crippen molar-refractivity contribution in [2.75, 3.05) is 6.54 Å². The summed E-state index contributed by atoms with van der Waals surface area (Å²) in [6, 6.07) is 2.12. The highest BCUT2D eigenvalue weighted by Gasteiger charge is 2.32. The molecular formula is C16H23N5O. The molecule has 118 valence electrons. The first-order valence-electron chi connectivity index (χ1n) is 7.79. The maximum Gasteiger partial charge on any atom is 0.258 e. The average molecular weight is 301 g/mol. The molecule has 0 aromatic carbocycles. The third-order valence-corrected chi connectivity index (χ3v) is 4.69. The molecule has 1 amide bonds. The van der Waals surface area contributed by atoms with Gasteiger partial charge in [0.1, 0.15) is 0 Å². The van der Waals surface area contributed by atoms with Gasteiger partial charge < -0.3 is 4.90 Å². The molecule has 2 aromatic rings. The Labute approximate surface area is 130 Å². The summed E-state index contributed by atoms with van der Waals surface area (Å²) in [5.41, 5.74) is 3.58. The summed E-state index contributed by atoms with van der Waals surface area (Å²) in [6.07, 6.45) is 4.99. The van der Waals surface area contributed by atoms with E-state index in [1.165, 1.54) is 0 Å². The van der Waals surface area contributed by atoms with Gasteiger partial charge in [0.2, 0.25) is 0 Å². The molecule has 0 radical (unpaired) electrons. The number of piperidine rings is 1. The third kappa shape index (κ3) is 2.32. The minimum absolute atomic E-state index is 0.0917. The van der Waals surface area contributed by atoms with Crippen LogP contribution in [0.5, 0.6) is 0 Å². The Kier molecular flexibility index (Phi) is 3.76. The highest BCUT2D eigenvalue weighted by molar-refractivity contribution is 5.96. The molecule has 6 nitrogen and oxygen atoms in total. The fraction of sp³-hybridized carbons (Fsp3) is 0.562. The van der Waals surface area contributed by atoms with Gasteiger partial charge in [0, 0.05) is 32.5 Å². The normalized spacial score (nSPS) is 18.7. The number of hydrogen-bond acceptors (Lipinski definition) is 3. The van der Waals surface area contributed by atoms with E-state index in [1.807, 2.05) is 43.6 Å². The zero-order chi connectivity index (χ0) is 15.9. The van der Waals surface area contributed by atoms with Gasteiger partial charge in [0.15, 0.2) is 0 Å². The van der Waals surface area contributed by atoms with Crippen LogP contribution in [0.2, 0.25) is 0 Å². The lowest BCUT2D eigenvalue weighted by Crippen LogP contribution is -2.39. The average Bonchev–Trinajstić information content (AvgIpc) is 3.02. The lowest BCUT2D eigenvalue weighted by Gasteiger charge is -2.36. The van der Waals surface area contributed by atoms with Crippen molar-refractivity contribution in [3.8, 4) is 0 Å². The molecule has 0 bridgehead atoms. The van der Waals surface area contributed by atoms with Crippen molar-refractivity contribution in [3.63, 3.8) is 0 Å². The minimum Gasteiger partial charge on any atom is -0.330 e. The molecule has 1 fully saturated rings. The Hall–Kier alpha value is -2.11. The van der Waals surface area contributed by atoms with Crippen molar-refractivity contribution in [2.24, 2.45) is 14.1 Å². The second kappa shape index (κ2) is 5.59. The fourth-order valence-corrected chi connectivity index (χ4v) is 3.42. The summed E-state index contributed by atoms with van der Waals surface area (Å²) in [5, 5.41) is 8.64. The summed E-state index contributed by atoms with van der Waals surface area (Å²) < 4.78 is 3.66. The SMILES string of the molecule is Cc1nn(C)c(C)c1C(=O)N1CCCC[C@H]1c1ccnn1C. The Morgan fingerprint density at radius 2 is 2.00 bits per heavy atom. The van der Waals surface area contributed by atoms with Crippen LogP contribution in [0, 0.1) is 13.8 Å². The summed E-state index contributed by atoms with van der Waals surface area (Å²) in [5.74, 6) is 0.0917. The van der Waals surface area contributed by atoms with E-state index in [9.17, 15) is 4.79 Å². The molecule has 0 spiro atoms. The fourth-order valence-electron chi connectivity index (χ4n) is 3.42. The molecular weight excluding hydrogens is 278 g/mol. The van der Waals surface area contributed by atoms with Crippen LogP contribution in [0.25, 0.3) is 0 Å². The van der Waals surface area contributed by atoms with Crippen molar-refractivity contribution in [1.29, 1.82) is 0 Å². The van der Waals surface area contributed by atoms with Crippen LogP contribution in [0.4, 0.5) is 0 Å². The van der Waals surface area contributed by atoms with Crippen molar-refractivity contribution in [1.82, 2.24) is 24.5 Å². The van der Waals surface area contributed by atoms with Gasteiger partial charge in [0.25, 0.3) is 5.91 Å². The lowest BCUT2D eigenvalue weighted by atomic mass is 9.97. The molecule has 6 heteroatoms. The molecule has 1 aliphatic heterocycles. The van der Waals surface area contributed by atoms with Crippen LogP contribution < -0.4 is 0 Å². The molecule has 22 heavy (non-hydrogen) atoms. The number of likely N-dealkylation sites (tertiary alicyclic amines) is 1. The Morgan fingerprint density at radius 3 is 2.59 bits per heavy atom. The van der Waals surface area contributed by atoms with E-state index in [0.717, 1.165) is 48.5 Å². The molecule has 3 heterocycles. The van der Waals surface area contributed by atoms with Crippen molar-refractivity contribution < 1.29 is 4.79 Å². The Balaban J connectivity index is 1.97. The Morgan fingerprint density at radius 1 is 1.23 bits per heavy atom. The zero-order valence-corrected chi connectivity index (χ0v) is 13.7. The van der Waals surface area contributed by atoms with Gasteiger partial charge in [0.05, 0.1) is 23.0 Å². The highest BCUT2D eigenvalue weighted by Crippen LogP contribution is 2.32. The lowest BCUT2D eigenvalue weighted by molar-refractivity contribution is 0.0599. The van der Waals surface area contributed by atoms with Gasteiger partial charge in [-0.2, -0.15) is 10.2 Å². The van der Waals surface area contributed by atoms with Crippen LogP contribution in [-0.2, 0) is 14.1 Å². The number of aryl methyl sites for hydroxylation is 3. The van der Waals surface area contributed by atoms with Crippen LogP contribution in [-0.4, -0.2) is 36.9 Å². The molecule has 1 saturated heterocycles. The van der Waals surface area contributed by atoms with E-state index in [2.05, 4.69) is 10.2 Å². The van der Waals surface area contributed by atoms with Gasteiger partial charge in [-0.3, -0.25) is 14.2 Å². The number of hydrogen-bond donors (Lipinski definition) is 0. The van der Waals surface area contributed by atoms with Gasteiger partial charge in [-0.05, 0) is 39.2 Å². The number of carbonyl (C=O) groups is 1. The highest BCUT2D eigenvalue weighted by atomic mass is 16.2. The topological polar surface area (TPSA) is 56.0 Å². The minimum atomic E-state index is 0.0917. The van der Waals surface area contributed by atoms with Crippen LogP contribution >= 0.6 is 0 Å². The summed E-state index contributed by atoms with van der Waals surface area (Å²) in [6.45, 7) is 4.65. The number of nitrogens with zero attached hydrogens (tertiary/aromatic N) is 5. The zero-order valence-electron chi connectivity index (χ0n) is 13.7. The quantitative estimate of drug-likeness (QED) is 0.854. The van der Waals surface area contributed by atoms with Gasteiger partial charge in [-0.1, -0.05) is 0 Å². The molecule has 0 unspecified atom stereocenters.